The van der Waals surface area contributed by atoms with Crippen molar-refractivity contribution in [2.45, 2.75) is 39.2 Å². The van der Waals surface area contributed by atoms with Crippen LogP contribution < -0.4 is 10.1 Å². The number of aryl methyl sites for hydroxylation is 1. The molecular formula is C16H27NO2. The molecular weight excluding hydrogens is 238 g/mol. The molecule has 0 saturated heterocycles. The van der Waals surface area contributed by atoms with Gasteiger partial charge in [-0.2, -0.15) is 0 Å². The fraction of sp³-hybridized carbons (Fsp3) is 0.625. The number of benzene rings is 1. The van der Waals surface area contributed by atoms with Crippen molar-refractivity contribution >= 4 is 0 Å². The minimum absolute atomic E-state index is 0.177. The Bertz CT molecular complexity index is 366. The fourth-order valence-electron chi connectivity index (χ4n) is 2.11. The molecule has 1 unspecified atom stereocenters. The molecule has 0 heterocycles. The van der Waals surface area contributed by atoms with Gasteiger partial charge in [0.1, 0.15) is 5.75 Å². The highest BCUT2D eigenvalue weighted by molar-refractivity contribution is 5.39. The number of likely N-dealkylation sites (N-methyl/N-ethyl adjacent to an activating group) is 1. The van der Waals surface area contributed by atoms with Crippen LogP contribution in [0.3, 0.4) is 0 Å². The Labute approximate surface area is 117 Å². The van der Waals surface area contributed by atoms with E-state index in [2.05, 4.69) is 31.3 Å². The summed E-state index contributed by atoms with van der Waals surface area (Å²) >= 11 is 0. The van der Waals surface area contributed by atoms with Crippen LogP contribution in [0.1, 0.15) is 43.4 Å². The van der Waals surface area contributed by atoms with Gasteiger partial charge in [0.05, 0.1) is 19.8 Å². The van der Waals surface area contributed by atoms with E-state index in [9.17, 15) is 0 Å². The van der Waals surface area contributed by atoms with E-state index >= 15 is 0 Å². The maximum atomic E-state index is 5.76. The summed E-state index contributed by atoms with van der Waals surface area (Å²) in [6.45, 7) is 5.81. The number of unbranched alkanes of at least 4 members (excludes halogenated alkanes) is 2. The van der Waals surface area contributed by atoms with Gasteiger partial charge in [-0.25, -0.2) is 0 Å². The molecule has 0 aliphatic heterocycles. The molecule has 0 aliphatic carbocycles. The van der Waals surface area contributed by atoms with Gasteiger partial charge in [0.2, 0.25) is 0 Å². The molecule has 0 amide bonds. The SMILES string of the molecule is CCCCCOCC(NC)c1cc(C)ccc1OC. The Hall–Kier alpha value is -1.06. The molecule has 1 rings (SSSR count). The normalized spacial score (nSPS) is 12.4. The van der Waals surface area contributed by atoms with Crippen LogP contribution in [0.4, 0.5) is 0 Å². The van der Waals surface area contributed by atoms with Gasteiger partial charge >= 0.3 is 0 Å². The summed E-state index contributed by atoms with van der Waals surface area (Å²) in [5, 5.41) is 3.31. The van der Waals surface area contributed by atoms with Crippen LogP contribution >= 0.6 is 0 Å². The van der Waals surface area contributed by atoms with E-state index in [0.717, 1.165) is 18.8 Å². The standard InChI is InChI=1S/C16H27NO2/c1-5-6-7-10-19-12-15(17-3)14-11-13(2)8-9-16(14)18-4/h8-9,11,15,17H,5-7,10,12H2,1-4H3. The number of rotatable bonds is 9. The molecule has 1 atom stereocenters. The smallest absolute Gasteiger partial charge is 0.123 e. The highest BCUT2D eigenvalue weighted by atomic mass is 16.5. The topological polar surface area (TPSA) is 30.5 Å². The highest BCUT2D eigenvalue weighted by Gasteiger charge is 2.14. The van der Waals surface area contributed by atoms with Crippen molar-refractivity contribution in [3.05, 3.63) is 29.3 Å². The fourth-order valence-corrected chi connectivity index (χ4v) is 2.11. The quantitative estimate of drug-likeness (QED) is 0.693. The first-order chi connectivity index (χ1) is 9.22. The number of hydrogen-bond acceptors (Lipinski definition) is 3. The largest absolute Gasteiger partial charge is 0.496 e. The van der Waals surface area contributed by atoms with Crippen molar-refractivity contribution in [2.24, 2.45) is 0 Å². The monoisotopic (exact) mass is 265 g/mol. The summed E-state index contributed by atoms with van der Waals surface area (Å²) in [5.41, 5.74) is 2.41. The Morgan fingerprint density at radius 2 is 2.05 bits per heavy atom. The van der Waals surface area contributed by atoms with Gasteiger partial charge in [0.25, 0.3) is 0 Å². The first-order valence-electron chi connectivity index (χ1n) is 7.12. The van der Waals surface area contributed by atoms with E-state index in [1.165, 1.54) is 24.0 Å². The second kappa shape index (κ2) is 8.94. The van der Waals surface area contributed by atoms with Gasteiger partial charge in [-0.05, 0) is 26.5 Å². The first kappa shape index (κ1) is 16.0. The summed E-state index contributed by atoms with van der Waals surface area (Å²) in [6.07, 6.45) is 3.60. The van der Waals surface area contributed by atoms with Gasteiger partial charge in [0, 0.05) is 12.2 Å². The van der Waals surface area contributed by atoms with Gasteiger partial charge < -0.3 is 14.8 Å². The molecule has 0 aromatic heterocycles. The molecule has 0 aliphatic rings. The highest BCUT2D eigenvalue weighted by Crippen LogP contribution is 2.26. The lowest BCUT2D eigenvalue weighted by atomic mass is 10.0. The van der Waals surface area contributed by atoms with Gasteiger partial charge in [0.15, 0.2) is 0 Å². The Morgan fingerprint density at radius 3 is 2.68 bits per heavy atom. The molecule has 0 radical (unpaired) electrons. The zero-order valence-electron chi connectivity index (χ0n) is 12.7. The summed E-state index contributed by atoms with van der Waals surface area (Å²) in [7, 11) is 3.67. The molecule has 1 aromatic carbocycles. The number of hydrogen-bond donors (Lipinski definition) is 1. The molecule has 108 valence electrons. The Balaban J connectivity index is 2.60. The van der Waals surface area contributed by atoms with E-state index in [1.807, 2.05) is 13.1 Å². The van der Waals surface area contributed by atoms with Crippen LogP contribution in [0.25, 0.3) is 0 Å². The van der Waals surface area contributed by atoms with Gasteiger partial charge in [-0.15, -0.1) is 0 Å². The van der Waals surface area contributed by atoms with E-state index in [4.69, 9.17) is 9.47 Å². The Kier molecular flexibility index (Phi) is 7.53. The average molecular weight is 265 g/mol. The molecule has 3 heteroatoms. The lowest BCUT2D eigenvalue weighted by molar-refractivity contribution is 0.109. The average Bonchev–Trinajstić information content (AvgIpc) is 2.43. The minimum Gasteiger partial charge on any atom is -0.496 e. The number of nitrogens with one attached hydrogen (secondary N) is 1. The third kappa shape index (κ3) is 5.21. The first-order valence-corrected chi connectivity index (χ1v) is 7.12. The van der Waals surface area contributed by atoms with Crippen molar-refractivity contribution in [3.8, 4) is 5.75 Å². The molecule has 1 N–H and O–H groups in total. The van der Waals surface area contributed by atoms with E-state index in [0.29, 0.717) is 6.61 Å². The number of methoxy groups -OCH3 is 1. The second-order valence-electron chi connectivity index (χ2n) is 4.87. The second-order valence-corrected chi connectivity index (χ2v) is 4.87. The van der Waals surface area contributed by atoms with Crippen LogP contribution in [0.2, 0.25) is 0 Å². The van der Waals surface area contributed by atoms with Crippen molar-refractivity contribution in [1.82, 2.24) is 5.32 Å². The lowest BCUT2D eigenvalue weighted by Gasteiger charge is -2.20. The van der Waals surface area contributed by atoms with Crippen molar-refractivity contribution in [1.29, 1.82) is 0 Å². The maximum absolute atomic E-state index is 5.76. The Morgan fingerprint density at radius 1 is 1.26 bits per heavy atom. The molecule has 0 bridgehead atoms. The lowest BCUT2D eigenvalue weighted by Crippen LogP contribution is -2.22. The zero-order chi connectivity index (χ0) is 14.1. The van der Waals surface area contributed by atoms with Crippen molar-refractivity contribution < 1.29 is 9.47 Å². The van der Waals surface area contributed by atoms with E-state index < -0.39 is 0 Å². The maximum Gasteiger partial charge on any atom is 0.123 e. The molecule has 3 nitrogen and oxygen atoms in total. The van der Waals surface area contributed by atoms with Crippen LogP contribution in [-0.4, -0.2) is 27.4 Å². The summed E-state index contributed by atoms with van der Waals surface area (Å²) in [5.74, 6) is 0.919. The minimum atomic E-state index is 0.177. The molecule has 19 heavy (non-hydrogen) atoms. The predicted octanol–water partition coefficient (Wildman–Crippen LogP) is 3.47. The van der Waals surface area contributed by atoms with Crippen LogP contribution in [0.15, 0.2) is 18.2 Å². The van der Waals surface area contributed by atoms with Gasteiger partial charge in [-0.1, -0.05) is 37.5 Å². The number of ether oxygens (including phenoxy) is 2. The van der Waals surface area contributed by atoms with Crippen molar-refractivity contribution in [3.63, 3.8) is 0 Å². The zero-order valence-corrected chi connectivity index (χ0v) is 12.7. The van der Waals surface area contributed by atoms with E-state index in [1.54, 1.807) is 7.11 Å². The molecule has 0 saturated carbocycles. The van der Waals surface area contributed by atoms with Crippen molar-refractivity contribution in [2.75, 3.05) is 27.4 Å². The molecule has 1 aromatic rings. The van der Waals surface area contributed by atoms with Crippen LogP contribution in [0.5, 0.6) is 5.75 Å². The third-order valence-electron chi connectivity index (χ3n) is 3.29. The molecule has 0 spiro atoms. The summed E-state index contributed by atoms with van der Waals surface area (Å²) < 4.78 is 11.2. The predicted molar refractivity (Wildman–Crippen MR) is 79.9 cm³/mol. The summed E-state index contributed by atoms with van der Waals surface area (Å²) in [6, 6.07) is 6.43. The van der Waals surface area contributed by atoms with Gasteiger partial charge in [-0.3, -0.25) is 0 Å². The van der Waals surface area contributed by atoms with Crippen LogP contribution in [0, 0.1) is 6.92 Å². The summed E-state index contributed by atoms with van der Waals surface area (Å²) in [4.78, 5) is 0. The van der Waals surface area contributed by atoms with Crippen LogP contribution in [-0.2, 0) is 4.74 Å². The third-order valence-corrected chi connectivity index (χ3v) is 3.29. The molecule has 0 fully saturated rings. The van der Waals surface area contributed by atoms with E-state index in [-0.39, 0.29) is 6.04 Å².